The van der Waals surface area contributed by atoms with Crippen LogP contribution < -0.4 is 10.9 Å². The quantitative estimate of drug-likeness (QED) is 0.888. The maximum atomic E-state index is 12.5. The zero-order valence-corrected chi connectivity index (χ0v) is 13.4. The summed E-state index contributed by atoms with van der Waals surface area (Å²) in [5.74, 6) is -1.32. The van der Waals surface area contributed by atoms with Crippen molar-refractivity contribution in [1.29, 1.82) is 0 Å². The standard InChI is InChI=1S/C17H19N3O4/c1-11-5-7-17(8-6-11,16(23)24)19-14(21)12-10-18-13-4-2-3-9-20(13)15(12)22/h2-4,9-11H,5-8H2,1H3,(H,19,21)(H,23,24). The van der Waals surface area contributed by atoms with Crippen LogP contribution in [0.4, 0.5) is 0 Å². The van der Waals surface area contributed by atoms with Crippen molar-refractivity contribution in [2.75, 3.05) is 0 Å². The molecule has 0 radical (unpaired) electrons. The van der Waals surface area contributed by atoms with Crippen LogP contribution in [0.15, 0.2) is 35.4 Å². The van der Waals surface area contributed by atoms with Gasteiger partial charge < -0.3 is 10.4 Å². The second kappa shape index (κ2) is 6.07. The third kappa shape index (κ3) is 2.77. The van der Waals surface area contributed by atoms with Crippen molar-refractivity contribution < 1.29 is 14.7 Å². The Morgan fingerprint density at radius 2 is 2.04 bits per heavy atom. The van der Waals surface area contributed by atoms with Gasteiger partial charge in [-0.15, -0.1) is 0 Å². The number of amides is 1. The first kappa shape index (κ1) is 16.2. The molecule has 2 aromatic rings. The molecule has 126 valence electrons. The molecule has 2 heterocycles. The molecule has 3 rings (SSSR count). The average molecular weight is 329 g/mol. The number of carboxylic acids is 1. The Hall–Kier alpha value is -2.70. The molecule has 24 heavy (non-hydrogen) atoms. The van der Waals surface area contributed by atoms with E-state index in [1.54, 1.807) is 18.2 Å². The van der Waals surface area contributed by atoms with Crippen molar-refractivity contribution in [1.82, 2.24) is 14.7 Å². The maximum Gasteiger partial charge on any atom is 0.329 e. The summed E-state index contributed by atoms with van der Waals surface area (Å²) in [6, 6.07) is 5.06. The summed E-state index contributed by atoms with van der Waals surface area (Å²) in [7, 11) is 0. The lowest BCUT2D eigenvalue weighted by molar-refractivity contribution is -0.146. The molecule has 0 saturated heterocycles. The van der Waals surface area contributed by atoms with Crippen LogP contribution in [0.2, 0.25) is 0 Å². The van der Waals surface area contributed by atoms with E-state index in [0.29, 0.717) is 24.4 Å². The van der Waals surface area contributed by atoms with Crippen molar-refractivity contribution in [2.45, 2.75) is 38.1 Å². The summed E-state index contributed by atoms with van der Waals surface area (Å²) in [5, 5.41) is 12.2. The molecule has 2 aromatic heterocycles. The van der Waals surface area contributed by atoms with E-state index in [0.717, 1.165) is 12.8 Å². The zero-order chi connectivity index (χ0) is 17.3. The summed E-state index contributed by atoms with van der Waals surface area (Å²) in [6.07, 6.45) is 4.89. The van der Waals surface area contributed by atoms with Gasteiger partial charge in [0, 0.05) is 12.4 Å². The topological polar surface area (TPSA) is 101 Å². The van der Waals surface area contributed by atoms with Crippen LogP contribution in [-0.2, 0) is 4.79 Å². The summed E-state index contributed by atoms with van der Waals surface area (Å²) < 4.78 is 1.27. The average Bonchev–Trinajstić information content (AvgIpc) is 2.57. The highest BCUT2D eigenvalue weighted by molar-refractivity contribution is 5.97. The highest BCUT2D eigenvalue weighted by Gasteiger charge is 2.43. The largest absolute Gasteiger partial charge is 0.480 e. The monoisotopic (exact) mass is 329 g/mol. The van der Waals surface area contributed by atoms with Gasteiger partial charge in [0.1, 0.15) is 16.7 Å². The van der Waals surface area contributed by atoms with Gasteiger partial charge in [-0.1, -0.05) is 13.0 Å². The molecule has 7 nitrogen and oxygen atoms in total. The van der Waals surface area contributed by atoms with Crippen molar-refractivity contribution in [2.24, 2.45) is 5.92 Å². The van der Waals surface area contributed by atoms with Gasteiger partial charge in [0.2, 0.25) is 0 Å². The van der Waals surface area contributed by atoms with Gasteiger partial charge in [-0.05, 0) is 43.7 Å². The molecular formula is C17H19N3O4. The Balaban J connectivity index is 1.93. The van der Waals surface area contributed by atoms with E-state index in [2.05, 4.69) is 17.2 Å². The summed E-state index contributed by atoms with van der Waals surface area (Å²) in [4.78, 5) is 40.8. The molecule has 2 N–H and O–H groups in total. The Kier molecular flexibility index (Phi) is 4.09. The molecule has 0 atom stereocenters. The smallest absolute Gasteiger partial charge is 0.329 e. The Morgan fingerprint density at radius 3 is 2.71 bits per heavy atom. The number of carbonyl (C=O) groups is 2. The summed E-state index contributed by atoms with van der Waals surface area (Å²) in [6.45, 7) is 2.06. The first-order chi connectivity index (χ1) is 11.4. The van der Waals surface area contributed by atoms with Crippen molar-refractivity contribution in [3.8, 4) is 0 Å². The molecule has 0 bridgehead atoms. The van der Waals surface area contributed by atoms with Crippen LogP contribution in [0.25, 0.3) is 5.65 Å². The first-order valence-electron chi connectivity index (χ1n) is 7.95. The van der Waals surface area contributed by atoms with E-state index in [1.807, 2.05) is 0 Å². The van der Waals surface area contributed by atoms with E-state index < -0.39 is 23.0 Å². The number of nitrogens with zero attached hydrogens (tertiary/aromatic N) is 2. The first-order valence-corrected chi connectivity index (χ1v) is 7.95. The number of nitrogens with one attached hydrogen (secondary N) is 1. The van der Waals surface area contributed by atoms with Gasteiger partial charge >= 0.3 is 5.97 Å². The minimum absolute atomic E-state index is 0.155. The van der Waals surface area contributed by atoms with Crippen molar-refractivity contribution >= 4 is 17.5 Å². The third-order valence-corrected chi connectivity index (χ3v) is 4.75. The lowest BCUT2D eigenvalue weighted by Crippen LogP contribution is -2.57. The number of rotatable bonds is 3. The molecule has 0 aromatic carbocycles. The van der Waals surface area contributed by atoms with Gasteiger partial charge in [-0.25, -0.2) is 9.78 Å². The van der Waals surface area contributed by atoms with Crippen LogP contribution >= 0.6 is 0 Å². The van der Waals surface area contributed by atoms with Crippen LogP contribution in [-0.4, -0.2) is 31.9 Å². The zero-order valence-electron chi connectivity index (χ0n) is 13.4. The summed E-state index contributed by atoms with van der Waals surface area (Å²) >= 11 is 0. The molecule has 1 amide bonds. The molecule has 7 heteroatoms. The number of fused-ring (bicyclic) bond motifs is 1. The molecule has 1 fully saturated rings. The van der Waals surface area contributed by atoms with Crippen LogP contribution in [0.5, 0.6) is 0 Å². The Morgan fingerprint density at radius 1 is 1.33 bits per heavy atom. The van der Waals surface area contributed by atoms with Gasteiger partial charge in [-0.2, -0.15) is 0 Å². The van der Waals surface area contributed by atoms with E-state index in [1.165, 1.54) is 16.8 Å². The molecule has 0 aliphatic heterocycles. The number of pyridine rings is 1. The lowest BCUT2D eigenvalue weighted by Gasteiger charge is -2.36. The minimum Gasteiger partial charge on any atom is -0.480 e. The van der Waals surface area contributed by atoms with Gasteiger partial charge in [-0.3, -0.25) is 14.0 Å². The predicted molar refractivity (Wildman–Crippen MR) is 86.9 cm³/mol. The second-order valence-corrected chi connectivity index (χ2v) is 6.43. The number of hydrogen-bond donors (Lipinski definition) is 2. The molecule has 1 saturated carbocycles. The Bertz CT molecular complexity index is 850. The molecule has 0 unspecified atom stereocenters. The predicted octanol–water partition coefficient (Wildman–Crippen LogP) is 1.46. The number of carboxylic acid groups (broad SMARTS) is 1. The molecule has 1 aliphatic carbocycles. The summed E-state index contributed by atoms with van der Waals surface area (Å²) in [5.41, 5.74) is -1.55. The minimum atomic E-state index is -1.31. The lowest BCUT2D eigenvalue weighted by atomic mass is 9.77. The number of hydrogen-bond acceptors (Lipinski definition) is 4. The number of aromatic nitrogens is 2. The number of carbonyl (C=O) groups excluding carboxylic acids is 1. The molecular weight excluding hydrogens is 310 g/mol. The van der Waals surface area contributed by atoms with Crippen molar-refractivity contribution in [3.05, 3.63) is 46.5 Å². The second-order valence-electron chi connectivity index (χ2n) is 6.43. The van der Waals surface area contributed by atoms with Crippen LogP contribution in [0.1, 0.15) is 43.0 Å². The normalized spacial score (nSPS) is 23.8. The van der Waals surface area contributed by atoms with E-state index in [9.17, 15) is 19.5 Å². The fourth-order valence-electron chi connectivity index (χ4n) is 3.11. The Labute approximate surface area is 138 Å². The van der Waals surface area contributed by atoms with Gasteiger partial charge in [0.25, 0.3) is 11.5 Å². The van der Waals surface area contributed by atoms with E-state index >= 15 is 0 Å². The fourth-order valence-corrected chi connectivity index (χ4v) is 3.11. The highest BCUT2D eigenvalue weighted by Crippen LogP contribution is 2.32. The van der Waals surface area contributed by atoms with Crippen LogP contribution in [0, 0.1) is 5.92 Å². The van der Waals surface area contributed by atoms with Crippen molar-refractivity contribution in [3.63, 3.8) is 0 Å². The van der Waals surface area contributed by atoms with E-state index in [4.69, 9.17) is 0 Å². The van der Waals surface area contributed by atoms with Gasteiger partial charge in [0.05, 0.1) is 0 Å². The molecule has 0 spiro atoms. The highest BCUT2D eigenvalue weighted by atomic mass is 16.4. The van der Waals surface area contributed by atoms with Gasteiger partial charge in [0.15, 0.2) is 0 Å². The maximum absolute atomic E-state index is 12.5. The van der Waals surface area contributed by atoms with Crippen LogP contribution in [0.3, 0.4) is 0 Å². The SMILES string of the molecule is CC1CCC(NC(=O)c2cnc3ccccn3c2=O)(C(=O)O)CC1. The third-order valence-electron chi connectivity index (χ3n) is 4.75. The van der Waals surface area contributed by atoms with E-state index in [-0.39, 0.29) is 5.56 Å². The number of aliphatic carboxylic acids is 1. The molecule has 1 aliphatic rings. The fraction of sp³-hybridized carbons (Fsp3) is 0.412.